The molecule has 268 valence electrons. The molecule has 10 nitrogen and oxygen atoms in total. The lowest BCUT2D eigenvalue weighted by Crippen LogP contribution is -2.10. The lowest BCUT2D eigenvalue weighted by molar-refractivity contribution is 0.149. The Hall–Kier alpha value is -4.80. The number of aliphatic hydroxyl groups excluding tert-OH is 2. The van der Waals surface area contributed by atoms with Crippen molar-refractivity contribution in [1.29, 1.82) is 0 Å². The predicted octanol–water partition coefficient (Wildman–Crippen LogP) is 7.90. The number of phenolic OH excluding ortho intramolecular Hbond substituents is 2. The third kappa shape index (κ3) is 8.57. The van der Waals surface area contributed by atoms with E-state index in [1.54, 1.807) is 0 Å². The van der Waals surface area contributed by atoms with Crippen LogP contribution in [0.25, 0.3) is 33.4 Å². The summed E-state index contributed by atoms with van der Waals surface area (Å²) in [7, 11) is 0. The van der Waals surface area contributed by atoms with Gasteiger partial charge in [0.25, 0.3) is 0 Å². The second-order valence-electron chi connectivity index (χ2n) is 13.7. The number of hydrogen-bond acceptors (Lipinski definition) is 8. The number of nitrogens with zero attached hydrogens (tertiary/aromatic N) is 6. The minimum absolute atomic E-state index is 0.0491. The van der Waals surface area contributed by atoms with E-state index in [-0.39, 0.29) is 30.1 Å². The SMILES string of the molecule is CCCCC(O)CCCc1ccc(-n2nc3ccccc3n2)c(O)c1Cc1c(CCCC(O)CCCC)ccc(-n2nc3ccccc3n2)c1O. The van der Waals surface area contributed by atoms with Crippen LogP contribution in [0.2, 0.25) is 0 Å². The minimum atomic E-state index is -0.362. The van der Waals surface area contributed by atoms with Crippen molar-refractivity contribution >= 4 is 22.1 Å². The third-order valence-electron chi connectivity index (χ3n) is 9.82. The standard InChI is InChI=1S/C41H50N6O4/c1-3-5-15-30(48)17-11-13-28-23-25-38(46-42-34-19-7-8-20-35(34)43-46)40(50)32(28)27-33-29(14-12-18-31(49)16-6-4-2)24-26-39(41(33)51)47-44-36-21-9-10-22-37(36)45-47/h7-10,19-26,30-31,48-51H,3-6,11-18,27H2,1-2H3. The molecule has 4 N–H and O–H groups in total. The first-order valence-electron chi connectivity index (χ1n) is 18.5. The highest BCUT2D eigenvalue weighted by atomic mass is 16.3. The summed E-state index contributed by atoms with van der Waals surface area (Å²) in [6.45, 7) is 4.25. The average Bonchev–Trinajstić information content (AvgIpc) is 3.77. The number of aromatic nitrogens is 6. The molecule has 10 heteroatoms. The number of hydrogen-bond donors (Lipinski definition) is 4. The molecule has 2 atom stereocenters. The third-order valence-corrected chi connectivity index (χ3v) is 9.82. The monoisotopic (exact) mass is 690 g/mol. The Bertz CT molecular complexity index is 1840. The topological polar surface area (TPSA) is 142 Å². The Balaban J connectivity index is 1.40. The van der Waals surface area contributed by atoms with Crippen molar-refractivity contribution in [3.8, 4) is 22.9 Å². The van der Waals surface area contributed by atoms with Gasteiger partial charge in [0.05, 0.1) is 12.2 Å². The molecule has 6 rings (SSSR count). The van der Waals surface area contributed by atoms with Gasteiger partial charge in [-0.25, -0.2) is 0 Å². The molecule has 2 unspecified atom stereocenters. The van der Waals surface area contributed by atoms with Crippen LogP contribution in [0.4, 0.5) is 0 Å². The van der Waals surface area contributed by atoms with Crippen molar-refractivity contribution in [2.75, 3.05) is 0 Å². The van der Waals surface area contributed by atoms with Crippen LogP contribution >= 0.6 is 0 Å². The molecule has 2 heterocycles. The fraction of sp³-hybridized carbons (Fsp3) is 0.415. The molecule has 0 amide bonds. The second-order valence-corrected chi connectivity index (χ2v) is 13.7. The van der Waals surface area contributed by atoms with Gasteiger partial charge in [-0.1, -0.05) is 75.9 Å². The van der Waals surface area contributed by atoms with Gasteiger partial charge in [0.1, 0.15) is 44.9 Å². The first-order chi connectivity index (χ1) is 24.9. The van der Waals surface area contributed by atoms with E-state index in [1.807, 2.05) is 72.8 Å². The summed E-state index contributed by atoms with van der Waals surface area (Å²) < 4.78 is 0. The normalized spacial score (nSPS) is 12.9. The van der Waals surface area contributed by atoms with E-state index in [4.69, 9.17) is 0 Å². The Morgan fingerprint density at radius 2 is 0.863 bits per heavy atom. The summed E-state index contributed by atoms with van der Waals surface area (Å²) in [5, 5.41) is 63.8. The Morgan fingerprint density at radius 1 is 0.510 bits per heavy atom. The van der Waals surface area contributed by atoms with Crippen LogP contribution in [0.3, 0.4) is 0 Å². The van der Waals surface area contributed by atoms with Gasteiger partial charge >= 0.3 is 0 Å². The number of phenols is 2. The number of aryl methyl sites for hydroxylation is 2. The van der Waals surface area contributed by atoms with Crippen LogP contribution in [0.5, 0.6) is 11.5 Å². The highest BCUT2D eigenvalue weighted by molar-refractivity contribution is 5.75. The number of fused-ring (bicyclic) bond motifs is 2. The van der Waals surface area contributed by atoms with Gasteiger partial charge < -0.3 is 20.4 Å². The predicted molar refractivity (Wildman–Crippen MR) is 201 cm³/mol. The number of unbranched alkanes of at least 4 members (excludes halogenated alkanes) is 2. The molecule has 0 fully saturated rings. The summed E-state index contributed by atoms with van der Waals surface area (Å²) >= 11 is 0. The van der Waals surface area contributed by atoms with Crippen molar-refractivity contribution in [3.63, 3.8) is 0 Å². The molecule has 0 spiro atoms. The number of aromatic hydroxyl groups is 2. The molecule has 6 aromatic rings. The van der Waals surface area contributed by atoms with E-state index in [2.05, 4.69) is 34.2 Å². The van der Waals surface area contributed by atoms with Crippen LogP contribution in [0.1, 0.15) is 100 Å². The van der Waals surface area contributed by atoms with Gasteiger partial charge in [-0.3, -0.25) is 0 Å². The minimum Gasteiger partial charge on any atom is -0.505 e. The Morgan fingerprint density at radius 3 is 1.22 bits per heavy atom. The maximum atomic E-state index is 12.0. The van der Waals surface area contributed by atoms with E-state index >= 15 is 0 Å². The molecule has 0 aliphatic rings. The van der Waals surface area contributed by atoms with E-state index in [0.717, 1.165) is 84.6 Å². The zero-order valence-electron chi connectivity index (χ0n) is 29.7. The molecule has 0 aliphatic carbocycles. The van der Waals surface area contributed by atoms with E-state index in [1.165, 1.54) is 9.59 Å². The number of benzene rings is 4. The van der Waals surface area contributed by atoms with Crippen LogP contribution in [0.15, 0.2) is 72.8 Å². The Kier molecular flexibility index (Phi) is 12.0. The molecule has 51 heavy (non-hydrogen) atoms. The highest BCUT2D eigenvalue weighted by Gasteiger charge is 2.22. The molecule has 0 aliphatic heterocycles. The van der Waals surface area contributed by atoms with Crippen molar-refractivity contribution in [2.45, 2.75) is 110 Å². The van der Waals surface area contributed by atoms with Gasteiger partial charge in [0.2, 0.25) is 0 Å². The summed E-state index contributed by atoms with van der Waals surface area (Å²) in [6.07, 6.45) is 9.25. The first kappa shape index (κ1) is 36.0. The van der Waals surface area contributed by atoms with Crippen LogP contribution in [-0.4, -0.2) is 62.6 Å². The fourth-order valence-corrected chi connectivity index (χ4v) is 6.85. The first-order valence-corrected chi connectivity index (χ1v) is 18.5. The van der Waals surface area contributed by atoms with Gasteiger partial charge in [0.15, 0.2) is 0 Å². The zero-order chi connectivity index (χ0) is 35.7. The molecule has 0 bridgehead atoms. The van der Waals surface area contributed by atoms with E-state index < -0.39 is 0 Å². The highest BCUT2D eigenvalue weighted by Crippen LogP contribution is 2.38. The van der Waals surface area contributed by atoms with Crippen molar-refractivity contribution in [2.24, 2.45) is 0 Å². The second kappa shape index (κ2) is 16.9. The maximum Gasteiger partial charge on any atom is 0.146 e. The van der Waals surface area contributed by atoms with Gasteiger partial charge in [-0.2, -0.15) is 0 Å². The average molecular weight is 691 g/mol. The van der Waals surface area contributed by atoms with Crippen molar-refractivity contribution < 1.29 is 20.4 Å². The molecule has 2 aromatic heterocycles. The summed E-state index contributed by atoms with van der Waals surface area (Å²) in [5.41, 5.74) is 6.99. The lowest BCUT2D eigenvalue weighted by atomic mass is 9.89. The molecular formula is C41H50N6O4. The smallest absolute Gasteiger partial charge is 0.146 e. The van der Waals surface area contributed by atoms with Crippen LogP contribution < -0.4 is 0 Å². The van der Waals surface area contributed by atoms with E-state index in [9.17, 15) is 20.4 Å². The summed E-state index contributed by atoms with van der Waals surface area (Å²) in [5.74, 6) is 0.0982. The van der Waals surface area contributed by atoms with Gasteiger partial charge in [-0.05, 0) is 98.9 Å². The summed E-state index contributed by atoms with van der Waals surface area (Å²) in [6, 6.07) is 22.9. The zero-order valence-corrected chi connectivity index (χ0v) is 29.7. The van der Waals surface area contributed by atoms with Crippen molar-refractivity contribution in [1.82, 2.24) is 30.0 Å². The quantitative estimate of drug-likeness (QED) is 0.0713. The summed E-state index contributed by atoms with van der Waals surface area (Å²) in [4.78, 5) is 2.94. The van der Waals surface area contributed by atoms with Crippen molar-refractivity contribution in [3.05, 3.63) is 95.1 Å². The molecule has 4 aromatic carbocycles. The molecule has 0 saturated carbocycles. The van der Waals surface area contributed by atoms with Crippen LogP contribution in [0, 0.1) is 0 Å². The molecule has 0 radical (unpaired) electrons. The number of aliphatic hydroxyl groups is 2. The van der Waals surface area contributed by atoms with E-state index in [0.29, 0.717) is 48.2 Å². The lowest BCUT2D eigenvalue weighted by Gasteiger charge is -2.19. The van der Waals surface area contributed by atoms with Crippen LogP contribution in [-0.2, 0) is 19.3 Å². The molecule has 0 saturated heterocycles. The maximum absolute atomic E-state index is 12.0. The largest absolute Gasteiger partial charge is 0.505 e. The Labute approximate surface area is 299 Å². The number of rotatable bonds is 18. The molecular weight excluding hydrogens is 640 g/mol. The van der Waals surface area contributed by atoms with Gasteiger partial charge in [0, 0.05) is 17.5 Å². The van der Waals surface area contributed by atoms with Gasteiger partial charge in [-0.15, -0.1) is 30.0 Å². The fourth-order valence-electron chi connectivity index (χ4n) is 6.85.